The zero-order chi connectivity index (χ0) is 19.5. The van der Waals surface area contributed by atoms with E-state index < -0.39 is 0 Å². The molecular formula is C21H25N3O3S. The Bertz CT molecular complexity index is 835. The number of amides is 2. The molecule has 2 aromatic rings. The standard InChI is InChI=1S/C21H25N3O3S/c1-27-17-4-2-14(3-5-17)20(25)23-19-7-6-18(28-19)21(26)24-10-8-15-12-22-13-16(15)9-11-24/h2-7,15-16,22H,8-13H2,1H3,(H,23,25)/t15-,16+. The van der Waals surface area contributed by atoms with Crippen LogP contribution in [0.4, 0.5) is 5.00 Å². The van der Waals surface area contributed by atoms with E-state index in [-0.39, 0.29) is 11.8 Å². The predicted molar refractivity (Wildman–Crippen MR) is 110 cm³/mol. The molecular weight excluding hydrogens is 374 g/mol. The first-order valence-electron chi connectivity index (χ1n) is 9.69. The van der Waals surface area contributed by atoms with Crippen molar-refractivity contribution in [3.8, 4) is 5.75 Å². The molecule has 6 nitrogen and oxygen atoms in total. The van der Waals surface area contributed by atoms with E-state index in [4.69, 9.17) is 4.74 Å². The first kappa shape index (κ1) is 19.0. The summed E-state index contributed by atoms with van der Waals surface area (Å²) in [5.41, 5.74) is 0.551. The molecule has 4 rings (SSSR count). The molecule has 0 bridgehead atoms. The Kier molecular flexibility index (Phi) is 5.64. The Labute approximate surface area is 168 Å². The highest BCUT2D eigenvalue weighted by molar-refractivity contribution is 7.18. The molecule has 7 heteroatoms. The van der Waals surface area contributed by atoms with Gasteiger partial charge in [0, 0.05) is 18.7 Å². The van der Waals surface area contributed by atoms with Gasteiger partial charge in [0.05, 0.1) is 17.0 Å². The second-order valence-electron chi connectivity index (χ2n) is 7.39. The van der Waals surface area contributed by atoms with Crippen molar-refractivity contribution in [3.63, 3.8) is 0 Å². The molecule has 2 saturated heterocycles. The summed E-state index contributed by atoms with van der Waals surface area (Å²) in [6, 6.07) is 10.6. The molecule has 0 saturated carbocycles. The lowest BCUT2D eigenvalue weighted by atomic mass is 9.92. The van der Waals surface area contributed by atoms with Crippen molar-refractivity contribution in [3.05, 3.63) is 46.8 Å². The number of benzene rings is 1. The average molecular weight is 400 g/mol. The maximum Gasteiger partial charge on any atom is 0.263 e. The van der Waals surface area contributed by atoms with E-state index in [1.165, 1.54) is 11.3 Å². The molecule has 148 valence electrons. The zero-order valence-corrected chi connectivity index (χ0v) is 16.8. The van der Waals surface area contributed by atoms with Crippen LogP contribution in [0.1, 0.15) is 32.9 Å². The van der Waals surface area contributed by atoms with Crippen LogP contribution >= 0.6 is 11.3 Å². The van der Waals surface area contributed by atoms with Crippen LogP contribution in [0.2, 0.25) is 0 Å². The van der Waals surface area contributed by atoms with Gasteiger partial charge in [0.1, 0.15) is 5.75 Å². The van der Waals surface area contributed by atoms with Crippen molar-refractivity contribution < 1.29 is 14.3 Å². The van der Waals surface area contributed by atoms with E-state index in [0.717, 1.165) is 39.0 Å². The molecule has 2 atom stereocenters. The summed E-state index contributed by atoms with van der Waals surface area (Å²) in [6.07, 6.45) is 2.13. The molecule has 0 radical (unpaired) electrons. The van der Waals surface area contributed by atoms with Gasteiger partial charge in [-0.15, -0.1) is 11.3 Å². The highest BCUT2D eigenvalue weighted by Gasteiger charge is 2.32. The topological polar surface area (TPSA) is 70.7 Å². The number of ether oxygens (including phenoxy) is 1. The van der Waals surface area contributed by atoms with Crippen LogP contribution in [-0.4, -0.2) is 50.0 Å². The van der Waals surface area contributed by atoms with Crippen LogP contribution in [0, 0.1) is 11.8 Å². The molecule has 0 aliphatic carbocycles. The number of likely N-dealkylation sites (tertiary alicyclic amines) is 1. The van der Waals surface area contributed by atoms with Crippen LogP contribution < -0.4 is 15.4 Å². The summed E-state index contributed by atoms with van der Waals surface area (Å²) in [5, 5.41) is 7.02. The Balaban J connectivity index is 1.38. The van der Waals surface area contributed by atoms with Crippen LogP contribution in [0.15, 0.2) is 36.4 Å². The summed E-state index contributed by atoms with van der Waals surface area (Å²) < 4.78 is 5.11. The van der Waals surface area contributed by atoms with Crippen molar-refractivity contribution in [2.24, 2.45) is 11.8 Å². The lowest BCUT2D eigenvalue weighted by Gasteiger charge is -2.20. The Morgan fingerprint density at radius 2 is 1.75 bits per heavy atom. The second kappa shape index (κ2) is 8.32. The van der Waals surface area contributed by atoms with Crippen LogP contribution in [0.3, 0.4) is 0 Å². The number of carbonyl (C=O) groups excluding carboxylic acids is 2. The van der Waals surface area contributed by atoms with E-state index in [9.17, 15) is 9.59 Å². The molecule has 2 aliphatic heterocycles. The zero-order valence-electron chi connectivity index (χ0n) is 15.9. The molecule has 28 heavy (non-hydrogen) atoms. The molecule has 2 fully saturated rings. The van der Waals surface area contributed by atoms with E-state index in [1.54, 1.807) is 37.4 Å². The second-order valence-corrected chi connectivity index (χ2v) is 8.48. The number of hydrogen-bond donors (Lipinski definition) is 2. The van der Waals surface area contributed by atoms with Crippen molar-refractivity contribution in [1.82, 2.24) is 10.2 Å². The monoisotopic (exact) mass is 399 g/mol. The molecule has 2 aliphatic rings. The predicted octanol–water partition coefficient (Wildman–Crippen LogP) is 3.08. The van der Waals surface area contributed by atoms with Crippen LogP contribution in [0.5, 0.6) is 5.75 Å². The van der Waals surface area contributed by atoms with E-state index >= 15 is 0 Å². The minimum Gasteiger partial charge on any atom is -0.497 e. The Morgan fingerprint density at radius 3 is 2.39 bits per heavy atom. The summed E-state index contributed by atoms with van der Waals surface area (Å²) >= 11 is 1.33. The van der Waals surface area contributed by atoms with Gasteiger partial charge in [-0.25, -0.2) is 0 Å². The summed E-state index contributed by atoms with van der Waals surface area (Å²) in [4.78, 5) is 28.0. The third kappa shape index (κ3) is 4.05. The minimum absolute atomic E-state index is 0.0721. The van der Waals surface area contributed by atoms with Crippen molar-refractivity contribution in [2.45, 2.75) is 12.8 Å². The molecule has 1 aromatic heterocycles. The van der Waals surface area contributed by atoms with Gasteiger partial charge in [-0.3, -0.25) is 9.59 Å². The number of nitrogens with zero attached hydrogens (tertiary/aromatic N) is 1. The maximum atomic E-state index is 12.9. The lowest BCUT2D eigenvalue weighted by molar-refractivity contribution is 0.0763. The quantitative estimate of drug-likeness (QED) is 0.829. The Hall–Kier alpha value is -2.38. The van der Waals surface area contributed by atoms with E-state index in [2.05, 4.69) is 10.6 Å². The van der Waals surface area contributed by atoms with E-state index in [0.29, 0.717) is 33.0 Å². The molecule has 1 aromatic carbocycles. The number of anilines is 1. The van der Waals surface area contributed by atoms with Gasteiger partial charge in [-0.1, -0.05) is 0 Å². The minimum atomic E-state index is -0.196. The third-order valence-corrected chi connectivity index (χ3v) is 6.70. The number of rotatable bonds is 4. The van der Waals surface area contributed by atoms with Crippen LogP contribution in [0.25, 0.3) is 0 Å². The van der Waals surface area contributed by atoms with E-state index in [1.807, 2.05) is 11.0 Å². The highest BCUT2D eigenvalue weighted by atomic mass is 32.1. The molecule has 0 unspecified atom stereocenters. The fourth-order valence-electron chi connectivity index (χ4n) is 4.02. The molecule has 2 amide bonds. The SMILES string of the molecule is COc1ccc(C(=O)Nc2ccc(C(=O)N3CC[C@@H]4CNC[C@@H]4CC3)s2)cc1. The average Bonchev–Trinajstić information content (AvgIpc) is 3.33. The molecule has 3 heterocycles. The highest BCUT2D eigenvalue weighted by Crippen LogP contribution is 2.29. The summed E-state index contributed by atoms with van der Waals surface area (Å²) in [5.74, 6) is 1.97. The number of thiophene rings is 1. The van der Waals surface area contributed by atoms with Gasteiger partial charge < -0.3 is 20.3 Å². The first-order chi connectivity index (χ1) is 13.6. The fourth-order valence-corrected chi connectivity index (χ4v) is 4.89. The normalized spacial score (nSPS) is 21.7. The number of hydrogen-bond acceptors (Lipinski definition) is 5. The fraction of sp³-hybridized carbons (Fsp3) is 0.429. The van der Waals surface area contributed by atoms with Crippen LogP contribution in [-0.2, 0) is 0 Å². The summed E-state index contributed by atoms with van der Waals surface area (Å²) in [6.45, 7) is 3.78. The van der Waals surface area contributed by atoms with Crippen molar-refractivity contribution in [2.75, 3.05) is 38.6 Å². The lowest BCUT2D eigenvalue weighted by Crippen LogP contribution is -2.32. The largest absolute Gasteiger partial charge is 0.497 e. The number of fused-ring (bicyclic) bond motifs is 1. The van der Waals surface area contributed by atoms with Crippen molar-refractivity contribution in [1.29, 1.82) is 0 Å². The van der Waals surface area contributed by atoms with Crippen molar-refractivity contribution >= 4 is 28.2 Å². The van der Waals surface area contributed by atoms with Gasteiger partial charge in [-0.2, -0.15) is 0 Å². The number of methoxy groups -OCH3 is 1. The first-order valence-corrected chi connectivity index (χ1v) is 10.5. The number of nitrogens with one attached hydrogen (secondary N) is 2. The molecule has 0 spiro atoms. The Morgan fingerprint density at radius 1 is 1.07 bits per heavy atom. The van der Waals surface area contributed by atoms with Gasteiger partial charge in [0.25, 0.3) is 11.8 Å². The smallest absolute Gasteiger partial charge is 0.263 e. The third-order valence-electron chi connectivity index (χ3n) is 5.71. The number of carbonyl (C=O) groups is 2. The van der Waals surface area contributed by atoms with Gasteiger partial charge in [0.2, 0.25) is 0 Å². The summed E-state index contributed by atoms with van der Waals surface area (Å²) in [7, 11) is 1.59. The van der Waals surface area contributed by atoms with Gasteiger partial charge in [-0.05, 0) is 74.2 Å². The van der Waals surface area contributed by atoms with Gasteiger partial charge >= 0.3 is 0 Å². The van der Waals surface area contributed by atoms with Gasteiger partial charge in [0.15, 0.2) is 0 Å². The maximum absolute atomic E-state index is 12.9. The molecule has 2 N–H and O–H groups in total.